The van der Waals surface area contributed by atoms with Crippen LogP contribution in [0.4, 0.5) is 10.1 Å². The van der Waals surface area contributed by atoms with Crippen LogP contribution in [-0.2, 0) is 6.42 Å². The summed E-state index contributed by atoms with van der Waals surface area (Å²) in [6.45, 7) is 0.635. The van der Waals surface area contributed by atoms with Crippen LogP contribution in [0.25, 0.3) is 0 Å². The van der Waals surface area contributed by atoms with Gasteiger partial charge < -0.3 is 10.6 Å². The molecule has 0 aliphatic heterocycles. The third-order valence-electron chi connectivity index (χ3n) is 2.79. The molecule has 2 aromatic rings. The molecule has 0 aliphatic rings. The lowest BCUT2D eigenvalue weighted by molar-refractivity contribution is 0.627. The van der Waals surface area contributed by atoms with Crippen molar-refractivity contribution < 1.29 is 4.39 Å². The summed E-state index contributed by atoms with van der Waals surface area (Å²) in [5.41, 5.74) is 1.69. The second-order valence-electron chi connectivity index (χ2n) is 4.38. The molecule has 0 fully saturated rings. The molecule has 2 nitrogen and oxygen atoms in total. The predicted octanol–water partition coefficient (Wildman–Crippen LogP) is 4.66. The van der Waals surface area contributed by atoms with E-state index in [0.29, 0.717) is 27.4 Å². The summed E-state index contributed by atoms with van der Waals surface area (Å²) in [6.07, 6.45) is 0.741. The third-order valence-corrected chi connectivity index (χ3v) is 3.60. The van der Waals surface area contributed by atoms with Crippen molar-refractivity contribution >= 4 is 46.2 Å². The van der Waals surface area contributed by atoms with Crippen molar-refractivity contribution in [2.75, 3.05) is 11.9 Å². The lowest BCUT2D eigenvalue weighted by Gasteiger charge is -2.12. The van der Waals surface area contributed by atoms with Gasteiger partial charge in [0.05, 0.1) is 10.7 Å². The van der Waals surface area contributed by atoms with Gasteiger partial charge in [0.25, 0.3) is 0 Å². The van der Waals surface area contributed by atoms with E-state index in [0.717, 1.165) is 12.0 Å². The van der Waals surface area contributed by atoms with Crippen LogP contribution >= 0.6 is 35.4 Å². The summed E-state index contributed by atoms with van der Waals surface area (Å²) < 4.78 is 12.8. The van der Waals surface area contributed by atoms with E-state index < -0.39 is 0 Å². The minimum absolute atomic E-state index is 0.237. The van der Waals surface area contributed by atoms with E-state index in [4.69, 9.17) is 35.4 Å². The van der Waals surface area contributed by atoms with Gasteiger partial charge in [-0.2, -0.15) is 0 Å². The van der Waals surface area contributed by atoms with Crippen molar-refractivity contribution in [1.29, 1.82) is 0 Å². The molecule has 0 saturated heterocycles. The molecule has 2 N–H and O–H groups in total. The maximum absolute atomic E-state index is 12.8. The van der Waals surface area contributed by atoms with E-state index in [1.54, 1.807) is 30.3 Å². The normalized spacial score (nSPS) is 10.2. The molecule has 0 radical (unpaired) electrons. The predicted molar refractivity (Wildman–Crippen MR) is 90.8 cm³/mol. The standard InChI is InChI=1S/C15H13Cl2FN2S/c16-11-3-6-13(17)14(9-11)20-15(21)19-8-7-10-1-4-12(18)5-2-10/h1-6,9H,7-8H2,(H2,19,20,21). The Morgan fingerprint density at radius 1 is 1.10 bits per heavy atom. The van der Waals surface area contributed by atoms with E-state index in [1.165, 1.54) is 12.1 Å². The molecule has 0 saturated carbocycles. The van der Waals surface area contributed by atoms with Crippen molar-refractivity contribution in [2.24, 2.45) is 0 Å². The molecule has 6 heteroatoms. The first kappa shape index (κ1) is 16.0. The highest BCUT2D eigenvalue weighted by atomic mass is 35.5. The Hall–Kier alpha value is -1.36. The highest BCUT2D eigenvalue weighted by Crippen LogP contribution is 2.25. The monoisotopic (exact) mass is 342 g/mol. The zero-order valence-corrected chi connectivity index (χ0v) is 13.3. The molecular formula is C15H13Cl2FN2S. The van der Waals surface area contributed by atoms with E-state index in [1.807, 2.05) is 0 Å². The number of halogens is 3. The van der Waals surface area contributed by atoms with Gasteiger partial charge in [-0.25, -0.2) is 4.39 Å². The van der Waals surface area contributed by atoms with Gasteiger partial charge in [-0.1, -0.05) is 35.3 Å². The summed E-state index contributed by atoms with van der Waals surface area (Å²) in [6, 6.07) is 11.5. The molecular weight excluding hydrogens is 330 g/mol. The Labute approximate surface area is 138 Å². The fourth-order valence-corrected chi connectivity index (χ4v) is 2.28. The third kappa shape index (κ3) is 5.16. The van der Waals surface area contributed by atoms with Crippen LogP contribution < -0.4 is 10.6 Å². The average Bonchev–Trinajstić information content (AvgIpc) is 2.45. The van der Waals surface area contributed by atoms with Crippen LogP contribution in [-0.4, -0.2) is 11.7 Å². The van der Waals surface area contributed by atoms with E-state index in [9.17, 15) is 4.39 Å². The first-order valence-electron chi connectivity index (χ1n) is 6.29. The summed E-state index contributed by atoms with van der Waals surface area (Å²) in [5.74, 6) is -0.237. The van der Waals surface area contributed by atoms with Gasteiger partial charge in [0.1, 0.15) is 5.82 Å². The van der Waals surface area contributed by atoms with E-state index in [-0.39, 0.29) is 5.82 Å². The van der Waals surface area contributed by atoms with Crippen LogP contribution in [0.1, 0.15) is 5.56 Å². The summed E-state index contributed by atoms with van der Waals surface area (Å²) >= 11 is 17.1. The second kappa shape index (κ2) is 7.59. The lowest BCUT2D eigenvalue weighted by Crippen LogP contribution is -2.30. The maximum Gasteiger partial charge on any atom is 0.170 e. The second-order valence-corrected chi connectivity index (χ2v) is 5.63. The Bertz CT molecular complexity index is 632. The van der Waals surface area contributed by atoms with Crippen LogP contribution in [0.3, 0.4) is 0 Å². The number of benzene rings is 2. The molecule has 0 amide bonds. The van der Waals surface area contributed by atoms with Gasteiger partial charge in [0, 0.05) is 11.6 Å². The Kier molecular flexibility index (Phi) is 5.79. The lowest BCUT2D eigenvalue weighted by atomic mass is 10.1. The van der Waals surface area contributed by atoms with Crippen LogP contribution in [0.2, 0.25) is 10.0 Å². The molecule has 0 spiro atoms. The molecule has 0 aromatic heterocycles. The molecule has 21 heavy (non-hydrogen) atoms. The van der Waals surface area contributed by atoms with Crippen molar-refractivity contribution in [3.8, 4) is 0 Å². The first-order valence-corrected chi connectivity index (χ1v) is 7.45. The fraction of sp³-hybridized carbons (Fsp3) is 0.133. The molecule has 0 aliphatic carbocycles. The van der Waals surface area contributed by atoms with E-state index >= 15 is 0 Å². The smallest absolute Gasteiger partial charge is 0.170 e. The number of hydrogen-bond donors (Lipinski definition) is 2. The van der Waals surface area contributed by atoms with Gasteiger partial charge in [0.15, 0.2) is 5.11 Å². The molecule has 0 bridgehead atoms. The van der Waals surface area contributed by atoms with Crippen LogP contribution in [0, 0.1) is 5.82 Å². The highest BCUT2D eigenvalue weighted by Gasteiger charge is 2.03. The zero-order chi connectivity index (χ0) is 15.2. The van der Waals surface area contributed by atoms with Gasteiger partial charge >= 0.3 is 0 Å². The zero-order valence-electron chi connectivity index (χ0n) is 11.0. The van der Waals surface area contributed by atoms with Gasteiger partial charge in [0.2, 0.25) is 0 Å². The molecule has 110 valence electrons. The molecule has 0 heterocycles. The number of thiocarbonyl (C=S) groups is 1. The Morgan fingerprint density at radius 3 is 2.52 bits per heavy atom. The fourth-order valence-electron chi connectivity index (χ4n) is 1.73. The Morgan fingerprint density at radius 2 is 1.81 bits per heavy atom. The average molecular weight is 343 g/mol. The van der Waals surface area contributed by atoms with Crippen molar-refractivity contribution in [2.45, 2.75) is 6.42 Å². The Balaban J connectivity index is 1.82. The minimum Gasteiger partial charge on any atom is -0.362 e. The van der Waals surface area contributed by atoms with Crippen molar-refractivity contribution in [3.05, 3.63) is 63.9 Å². The van der Waals surface area contributed by atoms with Crippen LogP contribution in [0.5, 0.6) is 0 Å². The SMILES string of the molecule is Fc1ccc(CCNC(=S)Nc2cc(Cl)ccc2Cl)cc1. The number of anilines is 1. The van der Waals surface area contributed by atoms with Gasteiger partial charge in [-0.05, 0) is 54.5 Å². The number of rotatable bonds is 4. The quantitative estimate of drug-likeness (QED) is 0.790. The number of hydrogen-bond acceptors (Lipinski definition) is 1. The minimum atomic E-state index is -0.237. The summed E-state index contributed by atoms with van der Waals surface area (Å²) in [5, 5.41) is 7.64. The van der Waals surface area contributed by atoms with Gasteiger partial charge in [-0.3, -0.25) is 0 Å². The summed E-state index contributed by atoms with van der Waals surface area (Å²) in [4.78, 5) is 0. The van der Waals surface area contributed by atoms with Crippen molar-refractivity contribution in [3.63, 3.8) is 0 Å². The largest absolute Gasteiger partial charge is 0.362 e. The van der Waals surface area contributed by atoms with Gasteiger partial charge in [-0.15, -0.1) is 0 Å². The molecule has 2 aromatic carbocycles. The highest BCUT2D eigenvalue weighted by molar-refractivity contribution is 7.80. The summed E-state index contributed by atoms with van der Waals surface area (Å²) in [7, 11) is 0. The molecule has 0 unspecified atom stereocenters. The number of nitrogens with one attached hydrogen (secondary N) is 2. The molecule has 0 atom stereocenters. The van der Waals surface area contributed by atoms with E-state index in [2.05, 4.69) is 10.6 Å². The van der Waals surface area contributed by atoms with Crippen molar-refractivity contribution in [1.82, 2.24) is 5.32 Å². The first-order chi connectivity index (χ1) is 10.0. The topological polar surface area (TPSA) is 24.1 Å². The van der Waals surface area contributed by atoms with Crippen LogP contribution in [0.15, 0.2) is 42.5 Å². The maximum atomic E-state index is 12.8. The molecule has 2 rings (SSSR count).